The summed E-state index contributed by atoms with van der Waals surface area (Å²) >= 11 is 0. The molecule has 0 spiro atoms. The van der Waals surface area contributed by atoms with Gasteiger partial charge in [0.15, 0.2) is 0 Å². The molecular weight excluding hydrogens is 324 g/mol. The number of carbonyl (C=O) groups is 2. The second-order valence-corrected chi connectivity index (χ2v) is 8.15. The van der Waals surface area contributed by atoms with Crippen LogP contribution in [0.2, 0.25) is 0 Å². The molecule has 0 radical (unpaired) electrons. The molecule has 2 fully saturated rings. The van der Waals surface area contributed by atoms with Gasteiger partial charge >= 0.3 is 0 Å². The average Bonchev–Trinajstić information content (AvgIpc) is 3.46. The van der Waals surface area contributed by atoms with Crippen LogP contribution in [-0.2, 0) is 15.1 Å². The van der Waals surface area contributed by atoms with Crippen molar-refractivity contribution >= 4 is 22.6 Å². The van der Waals surface area contributed by atoms with E-state index in [1.165, 1.54) is 10.8 Å². The maximum atomic E-state index is 13.0. The lowest BCUT2D eigenvalue weighted by atomic mass is 9.88. The molecule has 1 aliphatic heterocycles. The molecule has 2 aromatic rings. The zero-order chi connectivity index (χ0) is 18.3. The highest BCUT2D eigenvalue weighted by Crippen LogP contribution is 2.33. The Labute approximate surface area is 154 Å². The van der Waals surface area contributed by atoms with Gasteiger partial charge in [0, 0.05) is 19.0 Å². The molecule has 1 saturated heterocycles. The molecule has 4 heteroatoms. The number of hydrogen-bond acceptors (Lipinski definition) is 2. The summed E-state index contributed by atoms with van der Waals surface area (Å²) in [6, 6.07) is 14.9. The Hall–Kier alpha value is -2.36. The van der Waals surface area contributed by atoms with Crippen molar-refractivity contribution in [2.75, 3.05) is 6.54 Å². The van der Waals surface area contributed by atoms with Crippen LogP contribution < -0.4 is 5.32 Å². The zero-order valence-corrected chi connectivity index (χ0v) is 15.5. The van der Waals surface area contributed by atoms with E-state index in [0.717, 1.165) is 18.4 Å². The Kier molecular flexibility index (Phi) is 4.22. The predicted octanol–water partition coefficient (Wildman–Crippen LogP) is 3.59. The minimum atomic E-state index is -0.468. The predicted molar refractivity (Wildman–Crippen MR) is 103 cm³/mol. The van der Waals surface area contributed by atoms with E-state index in [1.807, 2.05) is 23.1 Å². The number of nitrogens with zero attached hydrogens (tertiary/aromatic N) is 1. The van der Waals surface area contributed by atoms with Gasteiger partial charge in [-0.3, -0.25) is 9.59 Å². The van der Waals surface area contributed by atoms with Crippen LogP contribution in [0.4, 0.5) is 0 Å². The Bertz CT molecular complexity index is 849. The summed E-state index contributed by atoms with van der Waals surface area (Å²) in [7, 11) is 0. The molecule has 1 aliphatic carbocycles. The third-order valence-corrected chi connectivity index (χ3v) is 5.70. The summed E-state index contributed by atoms with van der Waals surface area (Å²) in [5, 5.41) is 5.59. The van der Waals surface area contributed by atoms with Gasteiger partial charge in [-0.05, 0) is 49.4 Å². The first-order chi connectivity index (χ1) is 12.5. The van der Waals surface area contributed by atoms with Crippen molar-refractivity contribution in [2.24, 2.45) is 5.92 Å². The molecule has 1 atom stereocenters. The molecule has 1 heterocycles. The number of hydrogen-bond donors (Lipinski definition) is 1. The lowest BCUT2D eigenvalue weighted by Crippen LogP contribution is -2.50. The lowest BCUT2D eigenvalue weighted by Gasteiger charge is -2.35. The van der Waals surface area contributed by atoms with E-state index in [4.69, 9.17) is 0 Å². The molecule has 4 nitrogen and oxygen atoms in total. The second-order valence-electron chi connectivity index (χ2n) is 8.15. The van der Waals surface area contributed by atoms with Gasteiger partial charge in [-0.15, -0.1) is 0 Å². The number of rotatable bonds is 4. The van der Waals surface area contributed by atoms with Crippen molar-refractivity contribution in [1.82, 2.24) is 10.2 Å². The first-order valence-electron chi connectivity index (χ1n) is 9.55. The van der Waals surface area contributed by atoms with Crippen molar-refractivity contribution in [1.29, 1.82) is 0 Å². The molecule has 2 aliphatic rings. The van der Waals surface area contributed by atoms with Crippen molar-refractivity contribution in [3.63, 3.8) is 0 Å². The topological polar surface area (TPSA) is 49.4 Å². The Morgan fingerprint density at radius 2 is 1.81 bits per heavy atom. The maximum Gasteiger partial charge on any atom is 0.225 e. The molecule has 2 aromatic carbocycles. The lowest BCUT2D eigenvalue weighted by molar-refractivity contribution is -0.139. The molecule has 1 N–H and O–H groups in total. The van der Waals surface area contributed by atoms with E-state index in [-0.39, 0.29) is 17.7 Å². The summed E-state index contributed by atoms with van der Waals surface area (Å²) in [5.41, 5.74) is 0.652. The van der Waals surface area contributed by atoms with Gasteiger partial charge in [-0.1, -0.05) is 42.5 Å². The van der Waals surface area contributed by atoms with Gasteiger partial charge in [-0.2, -0.15) is 0 Å². The van der Waals surface area contributed by atoms with Crippen molar-refractivity contribution in [3.05, 3.63) is 48.0 Å². The Morgan fingerprint density at radius 3 is 2.58 bits per heavy atom. The minimum Gasteiger partial charge on any atom is -0.347 e. The van der Waals surface area contributed by atoms with Crippen LogP contribution >= 0.6 is 0 Å². The van der Waals surface area contributed by atoms with Crippen LogP contribution in [0.5, 0.6) is 0 Å². The zero-order valence-electron chi connectivity index (χ0n) is 15.5. The standard InChI is InChI=1S/C22H26N2O2/c1-22(2,19-9-5-7-15-6-3-4-8-18(15)19)23-21(26)16-10-13-20(25)24(14-16)17-11-12-17/h3-9,16-17H,10-14H2,1-2H3,(H,23,26)/t16-/m1/s1. The SMILES string of the molecule is CC(C)(NC(=O)[C@@H]1CCC(=O)N(C2CC2)C1)c1cccc2ccccc12. The first-order valence-corrected chi connectivity index (χ1v) is 9.55. The molecule has 4 rings (SSSR count). The molecular formula is C22H26N2O2. The van der Waals surface area contributed by atoms with Crippen LogP contribution in [-0.4, -0.2) is 29.3 Å². The maximum absolute atomic E-state index is 13.0. The minimum absolute atomic E-state index is 0.0566. The quantitative estimate of drug-likeness (QED) is 0.916. The van der Waals surface area contributed by atoms with Crippen LogP contribution in [0.3, 0.4) is 0 Å². The van der Waals surface area contributed by atoms with E-state index >= 15 is 0 Å². The molecule has 0 unspecified atom stereocenters. The summed E-state index contributed by atoms with van der Waals surface area (Å²) in [4.78, 5) is 27.0. The van der Waals surface area contributed by atoms with Crippen LogP contribution in [0.15, 0.2) is 42.5 Å². The van der Waals surface area contributed by atoms with E-state index in [1.54, 1.807) is 0 Å². The number of carbonyl (C=O) groups excluding carboxylic acids is 2. The number of benzene rings is 2. The summed E-state index contributed by atoms with van der Waals surface area (Å²) < 4.78 is 0. The Balaban J connectivity index is 1.53. The smallest absolute Gasteiger partial charge is 0.225 e. The van der Waals surface area contributed by atoms with Gasteiger partial charge in [-0.25, -0.2) is 0 Å². The number of fused-ring (bicyclic) bond motifs is 1. The van der Waals surface area contributed by atoms with Gasteiger partial charge in [0.05, 0.1) is 11.5 Å². The third-order valence-electron chi connectivity index (χ3n) is 5.70. The molecule has 26 heavy (non-hydrogen) atoms. The fourth-order valence-electron chi connectivity index (χ4n) is 4.07. The monoisotopic (exact) mass is 350 g/mol. The van der Waals surface area contributed by atoms with E-state index < -0.39 is 5.54 Å². The van der Waals surface area contributed by atoms with Gasteiger partial charge in [0.2, 0.25) is 11.8 Å². The Morgan fingerprint density at radius 1 is 1.08 bits per heavy atom. The second kappa shape index (κ2) is 6.42. The number of amides is 2. The largest absolute Gasteiger partial charge is 0.347 e. The first kappa shape index (κ1) is 17.1. The number of likely N-dealkylation sites (tertiary alicyclic amines) is 1. The van der Waals surface area contributed by atoms with Crippen molar-refractivity contribution in [2.45, 2.75) is 51.1 Å². The molecule has 136 valence electrons. The highest BCUT2D eigenvalue weighted by Gasteiger charge is 2.39. The summed E-state index contributed by atoms with van der Waals surface area (Å²) in [5.74, 6) is 0.161. The van der Waals surface area contributed by atoms with Gasteiger partial charge in [0.25, 0.3) is 0 Å². The fourth-order valence-corrected chi connectivity index (χ4v) is 4.07. The van der Waals surface area contributed by atoms with E-state index in [2.05, 4.69) is 43.4 Å². The number of nitrogens with one attached hydrogen (secondary N) is 1. The van der Waals surface area contributed by atoms with Crippen LogP contribution in [0.25, 0.3) is 10.8 Å². The van der Waals surface area contributed by atoms with Gasteiger partial charge < -0.3 is 10.2 Å². The highest BCUT2D eigenvalue weighted by molar-refractivity contribution is 5.88. The van der Waals surface area contributed by atoms with Crippen LogP contribution in [0, 0.1) is 5.92 Å². The summed E-state index contributed by atoms with van der Waals surface area (Å²) in [6.45, 7) is 4.68. The molecule has 0 aromatic heterocycles. The van der Waals surface area contributed by atoms with E-state index in [9.17, 15) is 9.59 Å². The third kappa shape index (κ3) is 3.20. The normalized spacial score (nSPS) is 21.1. The van der Waals surface area contributed by atoms with E-state index in [0.29, 0.717) is 25.4 Å². The van der Waals surface area contributed by atoms with Crippen molar-refractivity contribution in [3.8, 4) is 0 Å². The molecule has 1 saturated carbocycles. The summed E-state index contributed by atoms with van der Waals surface area (Å²) in [6.07, 6.45) is 3.31. The molecule has 0 bridgehead atoms. The highest BCUT2D eigenvalue weighted by atomic mass is 16.2. The average molecular weight is 350 g/mol. The fraction of sp³-hybridized carbons (Fsp3) is 0.455. The number of piperidine rings is 1. The van der Waals surface area contributed by atoms with Crippen molar-refractivity contribution < 1.29 is 9.59 Å². The van der Waals surface area contributed by atoms with Crippen LogP contribution in [0.1, 0.15) is 45.1 Å². The molecule has 2 amide bonds. The van der Waals surface area contributed by atoms with Gasteiger partial charge in [0.1, 0.15) is 0 Å².